The molecule has 0 aromatic carbocycles. The Hall–Kier alpha value is -0.850. The van der Waals surface area contributed by atoms with Crippen molar-refractivity contribution in [3.8, 4) is 0 Å². The van der Waals surface area contributed by atoms with E-state index in [1.165, 1.54) is 0 Å². The van der Waals surface area contributed by atoms with E-state index in [-0.39, 0.29) is 24.3 Å². The van der Waals surface area contributed by atoms with Gasteiger partial charge in [0.15, 0.2) is 5.79 Å². The fourth-order valence-electron chi connectivity index (χ4n) is 2.49. The van der Waals surface area contributed by atoms with E-state index in [2.05, 4.69) is 0 Å². The van der Waals surface area contributed by atoms with E-state index in [4.69, 9.17) is 19.9 Å². The Morgan fingerprint density at radius 3 is 2.53 bits per heavy atom. The summed E-state index contributed by atoms with van der Waals surface area (Å²) in [6.07, 6.45) is -0.699. The summed E-state index contributed by atoms with van der Waals surface area (Å²) in [6.45, 7) is 10.1. The maximum atomic E-state index is 12.1. The van der Waals surface area contributed by atoms with Crippen LogP contribution in [0.2, 0.25) is 0 Å². The molecule has 110 valence electrons. The van der Waals surface area contributed by atoms with Crippen LogP contribution in [0.4, 0.5) is 4.79 Å². The van der Waals surface area contributed by atoms with Crippen molar-refractivity contribution in [1.29, 1.82) is 0 Å². The van der Waals surface area contributed by atoms with Gasteiger partial charge < -0.3 is 24.8 Å². The molecule has 6 heteroatoms. The number of nitrogens with two attached hydrogens (primary N) is 1. The summed E-state index contributed by atoms with van der Waals surface area (Å²) in [6, 6.07) is -0.256. The third-order valence-corrected chi connectivity index (χ3v) is 3.13. The van der Waals surface area contributed by atoms with Crippen molar-refractivity contribution >= 4 is 6.09 Å². The zero-order valence-corrected chi connectivity index (χ0v) is 12.3. The standard InChI is InChI=1S/C13H24N2O4/c1-12(2,3)19-11(16)15-6-8(14)10-9(7-15)17-13(4,5)18-10/h8-10H,6-7,14H2,1-5H3/t8?,9-,10+/m0/s1. The van der Waals surface area contributed by atoms with E-state index >= 15 is 0 Å². The van der Waals surface area contributed by atoms with E-state index in [9.17, 15) is 4.79 Å². The van der Waals surface area contributed by atoms with E-state index in [1.54, 1.807) is 4.90 Å². The summed E-state index contributed by atoms with van der Waals surface area (Å²) in [5, 5.41) is 0. The molecule has 0 bridgehead atoms. The third kappa shape index (κ3) is 3.38. The van der Waals surface area contributed by atoms with Crippen molar-refractivity contribution in [1.82, 2.24) is 4.90 Å². The van der Waals surface area contributed by atoms with Gasteiger partial charge in [-0.1, -0.05) is 0 Å². The summed E-state index contributed by atoms with van der Waals surface area (Å²) in [4.78, 5) is 13.7. The van der Waals surface area contributed by atoms with Crippen LogP contribution in [0.3, 0.4) is 0 Å². The number of ether oxygens (including phenoxy) is 3. The second kappa shape index (κ2) is 4.61. The monoisotopic (exact) mass is 272 g/mol. The van der Waals surface area contributed by atoms with Crippen LogP contribution < -0.4 is 5.73 Å². The maximum absolute atomic E-state index is 12.1. The molecule has 2 rings (SSSR count). The molecular weight excluding hydrogens is 248 g/mol. The number of piperidine rings is 1. The van der Waals surface area contributed by atoms with E-state index in [1.807, 2.05) is 34.6 Å². The molecule has 0 spiro atoms. The lowest BCUT2D eigenvalue weighted by Gasteiger charge is -2.37. The summed E-state index contributed by atoms with van der Waals surface area (Å²) < 4.78 is 16.9. The number of rotatable bonds is 0. The normalized spacial score (nSPS) is 34.0. The number of fused-ring (bicyclic) bond motifs is 1. The molecule has 0 aromatic rings. The first kappa shape index (κ1) is 14.6. The first-order valence-electron chi connectivity index (χ1n) is 6.66. The number of hydrogen-bond acceptors (Lipinski definition) is 5. The summed E-state index contributed by atoms with van der Waals surface area (Å²) in [7, 11) is 0. The van der Waals surface area contributed by atoms with Crippen LogP contribution in [0.1, 0.15) is 34.6 Å². The summed E-state index contributed by atoms with van der Waals surface area (Å²) in [5.41, 5.74) is 5.57. The van der Waals surface area contributed by atoms with Gasteiger partial charge in [-0.2, -0.15) is 0 Å². The zero-order valence-electron chi connectivity index (χ0n) is 12.3. The van der Waals surface area contributed by atoms with Crippen molar-refractivity contribution in [2.45, 2.75) is 64.3 Å². The number of carbonyl (C=O) groups excluding carboxylic acids is 1. The molecule has 0 radical (unpaired) electrons. The lowest BCUT2D eigenvalue weighted by molar-refractivity contribution is -0.146. The van der Waals surface area contributed by atoms with Crippen LogP contribution in [-0.2, 0) is 14.2 Å². The number of nitrogens with zero attached hydrogens (tertiary/aromatic N) is 1. The predicted molar refractivity (Wildman–Crippen MR) is 69.6 cm³/mol. The zero-order chi connectivity index (χ0) is 14.4. The van der Waals surface area contributed by atoms with Gasteiger partial charge in [-0.3, -0.25) is 0 Å². The van der Waals surface area contributed by atoms with Crippen molar-refractivity contribution < 1.29 is 19.0 Å². The second-order valence-electron chi connectivity index (χ2n) is 6.69. The fraction of sp³-hybridized carbons (Fsp3) is 0.923. The molecule has 1 amide bonds. The van der Waals surface area contributed by atoms with Crippen LogP contribution in [-0.4, -0.2) is 53.7 Å². The third-order valence-electron chi connectivity index (χ3n) is 3.13. The molecular formula is C13H24N2O4. The minimum Gasteiger partial charge on any atom is -0.444 e. The molecule has 1 unspecified atom stereocenters. The Morgan fingerprint density at radius 2 is 1.95 bits per heavy atom. The Balaban J connectivity index is 2.02. The molecule has 0 aliphatic carbocycles. The number of hydrogen-bond donors (Lipinski definition) is 1. The Bertz CT molecular complexity index is 364. The van der Waals surface area contributed by atoms with Gasteiger partial charge in [-0.15, -0.1) is 0 Å². The van der Waals surface area contributed by atoms with E-state index in [0.717, 1.165) is 0 Å². The highest BCUT2D eigenvalue weighted by molar-refractivity contribution is 5.68. The molecule has 2 N–H and O–H groups in total. The molecule has 3 atom stereocenters. The highest BCUT2D eigenvalue weighted by Gasteiger charge is 2.49. The van der Waals surface area contributed by atoms with Gasteiger partial charge in [0.2, 0.25) is 0 Å². The highest BCUT2D eigenvalue weighted by atomic mass is 16.8. The molecule has 6 nitrogen and oxygen atoms in total. The maximum Gasteiger partial charge on any atom is 0.410 e. The molecule has 2 aliphatic rings. The van der Waals surface area contributed by atoms with Gasteiger partial charge in [0, 0.05) is 6.54 Å². The van der Waals surface area contributed by atoms with Crippen LogP contribution >= 0.6 is 0 Å². The first-order valence-corrected chi connectivity index (χ1v) is 6.66. The topological polar surface area (TPSA) is 74.0 Å². The Labute approximate surface area is 114 Å². The lowest BCUT2D eigenvalue weighted by atomic mass is 10.0. The SMILES string of the molecule is CC(C)(C)OC(=O)N1CC(N)[C@H]2OC(C)(C)O[C@H]2C1. The highest BCUT2D eigenvalue weighted by Crippen LogP contribution is 2.32. The van der Waals surface area contributed by atoms with Gasteiger partial charge in [-0.05, 0) is 34.6 Å². The average Bonchev–Trinajstić information content (AvgIpc) is 2.50. The average molecular weight is 272 g/mol. The largest absolute Gasteiger partial charge is 0.444 e. The minimum absolute atomic E-state index is 0.159. The molecule has 2 heterocycles. The van der Waals surface area contributed by atoms with Gasteiger partial charge in [-0.25, -0.2) is 4.79 Å². The van der Waals surface area contributed by atoms with Gasteiger partial charge in [0.1, 0.15) is 17.8 Å². The molecule has 0 saturated carbocycles. The fourth-order valence-corrected chi connectivity index (χ4v) is 2.49. The lowest BCUT2D eigenvalue weighted by Crippen LogP contribution is -2.59. The van der Waals surface area contributed by atoms with Crippen molar-refractivity contribution in [3.05, 3.63) is 0 Å². The Morgan fingerprint density at radius 1 is 1.32 bits per heavy atom. The quantitative estimate of drug-likeness (QED) is 0.714. The Kier molecular flexibility index (Phi) is 3.53. The second-order valence-corrected chi connectivity index (χ2v) is 6.69. The predicted octanol–water partition coefficient (Wildman–Crippen LogP) is 1.08. The van der Waals surface area contributed by atoms with Crippen molar-refractivity contribution in [3.63, 3.8) is 0 Å². The first-order chi connectivity index (χ1) is 8.57. The van der Waals surface area contributed by atoms with Crippen LogP contribution in [0.25, 0.3) is 0 Å². The number of amides is 1. The van der Waals surface area contributed by atoms with E-state index < -0.39 is 11.4 Å². The molecule has 2 saturated heterocycles. The van der Waals surface area contributed by atoms with Gasteiger partial charge in [0.25, 0.3) is 0 Å². The van der Waals surface area contributed by atoms with Crippen LogP contribution in [0.15, 0.2) is 0 Å². The van der Waals surface area contributed by atoms with Crippen LogP contribution in [0.5, 0.6) is 0 Å². The van der Waals surface area contributed by atoms with Gasteiger partial charge >= 0.3 is 6.09 Å². The molecule has 2 fully saturated rings. The van der Waals surface area contributed by atoms with Crippen molar-refractivity contribution in [2.24, 2.45) is 5.73 Å². The van der Waals surface area contributed by atoms with Gasteiger partial charge in [0.05, 0.1) is 12.6 Å². The summed E-state index contributed by atoms with van der Waals surface area (Å²) >= 11 is 0. The van der Waals surface area contributed by atoms with E-state index in [0.29, 0.717) is 13.1 Å². The number of carbonyl (C=O) groups is 1. The van der Waals surface area contributed by atoms with Crippen LogP contribution in [0, 0.1) is 0 Å². The molecule has 0 aromatic heterocycles. The molecule has 2 aliphatic heterocycles. The number of likely N-dealkylation sites (tertiary alicyclic amines) is 1. The molecule has 19 heavy (non-hydrogen) atoms. The smallest absolute Gasteiger partial charge is 0.410 e. The minimum atomic E-state index is -0.642. The van der Waals surface area contributed by atoms with Crippen molar-refractivity contribution in [2.75, 3.05) is 13.1 Å². The summed E-state index contributed by atoms with van der Waals surface area (Å²) in [5.74, 6) is -0.642.